The highest BCUT2D eigenvalue weighted by molar-refractivity contribution is 8.11. The summed E-state index contributed by atoms with van der Waals surface area (Å²) in [6.07, 6.45) is 0.394. The average molecular weight is 291 g/mol. The highest BCUT2D eigenvalue weighted by Crippen LogP contribution is 2.44. The fraction of sp³-hybridized carbons (Fsp3) is 0.400. The van der Waals surface area contributed by atoms with Crippen molar-refractivity contribution in [1.82, 2.24) is 0 Å². The second-order valence-electron chi connectivity index (χ2n) is 3.74. The third-order valence-corrected chi connectivity index (χ3v) is 4.94. The number of benzene rings is 1. The molecule has 0 fully saturated rings. The predicted octanol–water partition coefficient (Wildman–Crippen LogP) is 2.09. The van der Waals surface area contributed by atoms with Gasteiger partial charge in [-0.1, -0.05) is 23.9 Å². The number of rotatable bonds is 4. The van der Waals surface area contributed by atoms with Crippen LogP contribution in [0, 0.1) is 0 Å². The molecule has 2 rings (SSSR count). The minimum Gasteiger partial charge on any atom is -0.350 e. The maximum absolute atomic E-state index is 10.6. The summed E-state index contributed by atoms with van der Waals surface area (Å²) in [6.45, 7) is 0.567. The summed E-state index contributed by atoms with van der Waals surface area (Å²) in [5.74, 6) is -0.211. The maximum Gasteiger partial charge on any atom is 0.264 e. The van der Waals surface area contributed by atoms with E-state index < -0.39 is 10.1 Å². The summed E-state index contributed by atoms with van der Waals surface area (Å²) < 4.78 is 30.0. The third-order valence-electron chi connectivity index (χ3n) is 2.47. The van der Waals surface area contributed by atoms with E-state index in [0.29, 0.717) is 13.0 Å². The highest BCUT2D eigenvalue weighted by Gasteiger charge is 2.26. The quantitative estimate of drug-likeness (QED) is 0.657. The highest BCUT2D eigenvalue weighted by atomic mass is 32.2. The third kappa shape index (κ3) is 3.31. The van der Waals surface area contributed by atoms with Crippen LogP contribution < -0.4 is 4.90 Å². The Labute approximate surface area is 111 Å². The Morgan fingerprint density at radius 2 is 2.12 bits per heavy atom. The van der Waals surface area contributed by atoms with E-state index in [1.165, 1.54) is 0 Å². The minimum absolute atomic E-state index is 0.00815. The first-order valence-electron chi connectivity index (χ1n) is 5.13. The van der Waals surface area contributed by atoms with Gasteiger partial charge in [-0.25, -0.2) is 0 Å². The molecular weight excluding hydrogens is 278 g/mol. The summed E-state index contributed by atoms with van der Waals surface area (Å²) in [5, 5.41) is 0. The van der Waals surface area contributed by atoms with Crippen molar-refractivity contribution in [2.45, 2.75) is 16.0 Å². The number of para-hydroxylation sites is 1. The van der Waals surface area contributed by atoms with Crippen LogP contribution in [0.5, 0.6) is 0 Å². The Morgan fingerprint density at radius 1 is 1.41 bits per heavy atom. The van der Waals surface area contributed by atoms with Crippen LogP contribution in [0.25, 0.3) is 0 Å². The van der Waals surface area contributed by atoms with E-state index in [1.54, 1.807) is 11.8 Å². The molecule has 1 unspecified atom stereocenters. The second kappa shape index (κ2) is 5.09. The van der Waals surface area contributed by atoms with Gasteiger partial charge in [-0.3, -0.25) is 4.55 Å². The lowest BCUT2D eigenvalue weighted by Gasteiger charge is -2.22. The first-order valence-corrected chi connectivity index (χ1v) is 8.13. The van der Waals surface area contributed by atoms with Gasteiger partial charge in [0, 0.05) is 11.4 Å². The number of thiol groups is 1. The summed E-state index contributed by atoms with van der Waals surface area (Å²) in [7, 11) is -3.87. The molecule has 0 saturated heterocycles. The minimum atomic E-state index is -3.87. The van der Waals surface area contributed by atoms with Gasteiger partial charge in [-0.15, -0.1) is 12.6 Å². The van der Waals surface area contributed by atoms with Crippen molar-refractivity contribution in [2.24, 2.45) is 0 Å². The van der Waals surface area contributed by atoms with Crippen LogP contribution >= 0.6 is 24.4 Å². The Bertz CT molecular complexity index is 503. The Hall–Kier alpha value is -0.370. The lowest BCUT2D eigenvalue weighted by Crippen LogP contribution is -2.27. The second-order valence-corrected chi connectivity index (χ2v) is 7.28. The number of thioether (sulfide) groups is 1. The normalized spacial score (nSPS) is 19.4. The van der Waals surface area contributed by atoms with Gasteiger partial charge in [0.2, 0.25) is 0 Å². The van der Waals surface area contributed by atoms with E-state index in [2.05, 4.69) is 12.6 Å². The largest absolute Gasteiger partial charge is 0.350 e. The number of anilines is 1. The molecule has 0 aliphatic carbocycles. The zero-order valence-corrected chi connectivity index (χ0v) is 11.5. The average Bonchev–Trinajstić information content (AvgIpc) is 2.54. The molecule has 0 amide bonds. The van der Waals surface area contributed by atoms with Gasteiger partial charge in [-0.05, 0) is 18.6 Å². The number of fused-ring (bicyclic) bond motifs is 1. The van der Waals surface area contributed by atoms with Gasteiger partial charge in [0.05, 0.1) is 11.4 Å². The van der Waals surface area contributed by atoms with Crippen molar-refractivity contribution >= 4 is 40.2 Å². The molecular formula is C10H13NO3S3. The van der Waals surface area contributed by atoms with Crippen LogP contribution in [0.2, 0.25) is 0 Å². The topological polar surface area (TPSA) is 57.6 Å². The van der Waals surface area contributed by atoms with Crippen molar-refractivity contribution in [3.05, 3.63) is 24.3 Å². The first-order chi connectivity index (χ1) is 7.97. The van der Waals surface area contributed by atoms with Gasteiger partial charge in [0.25, 0.3) is 10.1 Å². The number of nitrogens with zero attached hydrogens (tertiary/aromatic N) is 1. The van der Waals surface area contributed by atoms with Crippen molar-refractivity contribution in [3.63, 3.8) is 0 Å². The van der Waals surface area contributed by atoms with Gasteiger partial charge in [0.1, 0.15) is 4.71 Å². The summed E-state index contributed by atoms with van der Waals surface area (Å²) in [6, 6.07) is 7.92. The Kier molecular flexibility index (Phi) is 3.92. The number of hydrogen-bond acceptors (Lipinski definition) is 5. The zero-order valence-electron chi connectivity index (χ0n) is 8.98. The van der Waals surface area contributed by atoms with E-state index in [4.69, 9.17) is 4.55 Å². The fourth-order valence-corrected chi connectivity index (χ4v) is 3.85. The molecule has 1 atom stereocenters. The Morgan fingerprint density at radius 3 is 2.82 bits per heavy atom. The van der Waals surface area contributed by atoms with E-state index >= 15 is 0 Å². The lowest BCUT2D eigenvalue weighted by molar-refractivity contribution is 0.481. The van der Waals surface area contributed by atoms with Gasteiger partial charge in [0.15, 0.2) is 0 Å². The predicted molar refractivity (Wildman–Crippen MR) is 73.5 cm³/mol. The standard InChI is InChI=1S/C10H13NO3S3/c12-17(13,14)7-3-6-11-8-4-1-2-5-9(8)16-10(11)15/h1-2,4-5,10,15H,3,6-7H2,(H,12,13,14). The summed E-state index contributed by atoms with van der Waals surface area (Å²) in [4.78, 5) is 3.19. The zero-order chi connectivity index (χ0) is 12.5. The molecule has 1 aliphatic rings. The van der Waals surface area contributed by atoms with Crippen molar-refractivity contribution in [1.29, 1.82) is 0 Å². The van der Waals surface area contributed by atoms with Crippen molar-refractivity contribution < 1.29 is 13.0 Å². The lowest BCUT2D eigenvalue weighted by atomic mass is 10.3. The van der Waals surface area contributed by atoms with Crippen LogP contribution in [-0.4, -0.2) is 30.0 Å². The summed E-state index contributed by atoms with van der Waals surface area (Å²) >= 11 is 6.09. The van der Waals surface area contributed by atoms with Crippen LogP contribution in [0.4, 0.5) is 5.69 Å². The molecule has 1 heterocycles. The van der Waals surface area contributed by atoms with Crippen molar-refractivity contribution in [3.8, 4) is 0 Å². The maximum atomic E-state index is 10.6. The molecule has 0 bridgehead atoms. The molecule has 0 spiro atoms. The molecule has 1 aromatic carbocycles. The van der Waals surface area contributed by atoms with Crippen LogP contribution in [0.3, 0.4) is 0 Å². The van der Waals surface area contributed by atoms with E-state index in [0.717, 1.165) is 10.6 Å². The van der Waals surface area contributed by atoms with E-state index in [1.807, 2.05) is 29.2 Å². The van der Waals surface area contributed by atoms with Gasteiger partial charge < -0.3 is 4.90 Å². The van der Waals surface area contributed by atoms with Crippen LogP contribution in [-0.2, 0) is 10.1 Å². The fourth-order valence-electron chi connectivity index (χ4n) is 1.74. The van der Waals surface area contributed by atoms with Crippen molar-refractivity contribution in [2.75, 3.05) is 17.2 Å². The molecule has 4 nitrogen and oxygen atoms in total. The molecule has 0 radical (unpaired) electrons. The molecule has 1 aromatic rings. The summed E-state index contributed by atoms with van der Waals surface area (Å²) in [5.41, 5.74) is 1.08. The SMILES string of the molecule is O=S(=O)(O)CCCN1c2ccccc2SC1S. The van der Waals surface area contributed by atoms with Crippen LogP contribution in [0.1, 0.15) is 6.42 Å². The van der Waals surface area contributed by atoms with Gasteiger partial charge in [-0.2, -0.15) is 8.42 Å². The van der Waals surface area contributed by atoms with Crippen LogP contribution in [0.15, 0.2) is 29.2 Å². The molecule has 0 saturated carbocycles. The molecule has 1 N–H and O–H groups in total. The van der Waals surface area contributed by atoms with E-state index in [9.17, 15) is 8.42 Å². The smallest absolute Gasteiger partial charge is 0.264 e. The molecule has 7 heteroatoms. The Balaban J connectivity index is 2.02. The number of hydrogen-bond donors (Lipinski definition) is 2. The molecule has 1 aliphatic heterocycles. The van der Waals surface area contributed by atoms with E-state index in [-0.39, 0.29) is 10.5 Å². The molecule has 94 valence electrons. The molecule has 17 heavy (non-hydrogen) atoms. The molecule has 0 aromatic heterocycles. The first kappa shape index (κ1) is 13.1. The monoisotopic (exact) mass is 291 g/mol. The van der Waals surface area contributed by atoms with Gasteiger partial charge >= 0.3 is 0 Å².